The Morgan fingerprint density at radius 3 is 2.37 bits per heavy atom. The van der Waals surface area contributed by atoms with E-state index in [1.807, 2.05) is 45.0 Å². The first-order chi connectivity index (χ1) is 19.6. The molecule has 9 heteroatoms. The minimum Gasteiger partial charge on any atom is -0.496 e. The van der Waals surface area contributed by atoms with Crippen molar-refractivity contribution in [3.05, 3.63) is 93.7 Å². The molecule has 210 valence electrons. The molecule has 1 N–H and O–H groups in total. The number of nitrogens with zero attached hydrogens (tertiary/aromatic N) is 1. The number of nitrogens with one attached hydrogen (secondary N) is 1. The summed E-state index contributed by atoms with van der Waals surface area (Å²) in [5.41, 5.74) is 2.99. The first-order valence-electron chi connectivity index (χ1n) is 13.0. The van der Waals surface area contributed by atoms with Crippen molar-refractivity contribution in [2.75, 3.05) is 24.4 Å². The van der Waals surface area contributed by atoms with E-state index < -0.39 is 17.5 Å². The number of ether oxygens (including phenoxy) is 3. The number of carbonyl (C=O) groups excluding carboxylic acids is 3. The van der Waals surface area contributed by atoms with Gasteiger partial charge < -0.3 is 24.4 Å². The number of rotatable bonds is 7. The second-order valence-corrected chi connectivity index (χ2v) is 11.5. The maximum Gasteiger partial charge on any atom is 0.348 e. The van der Waals surface area contributed by atoms with Gasteiger partial charge in [-0.15, -0.1) is 11.3 Å². The van der Waals surface area contributed by atoms with Crippen LogP contribution in [0, 0.1) is 6.92 Å². The van der Waals surface area contributed by atoms with Crippen molar-refractivity contribution in [3.8, 4) is 22.6 Å². The minimum absolute atomic E-state index is 0.0814. The summed E-state index contributed by atoms with van der Waals surface area (Å²) in [6.07, 6.45) is 0. The quantitative estimate of drug-likeness (QED) is 0.201. The van der Waals surface area contributed by atoms with Crippen molar-refractivity contribution < 1.29 is 28.6 Å². The van der Waals surface area contributed by atoms with Crippen LogP contribution in [0.4, 0.5) is 11.4 Å². The number of aryl methyl sites for hydroxylation is 1. The summed E-state index contributed by atoms with van der Waals surface area (Å²) in [7, 11) is 3.24. The summed E-state index contributed by atoms with van der Waals surface area (Å²) in [5, 5.41) is 3.31. The van der Waals surface area contributed by atoms with Gasteiger partial charge in [0.25, 0.3) is 5.91 Å². The van der Waals surface area contributed by atoms with Gasteiger partial charge in [-0.3, -0.25) is 4.79 Å². The highest BCUT2D eigenvalue weighted by molar-refractivity contribution is 7.13. The smallest absolute Gasteiger partial charge is 0.348 e. The standard InChI is InChI=1S/C32H30N2O6S/c1-19-11-16-27(41-19)30(36)39-18-24-22(14-15-25-28(24)34(4)31(37)32(2,3)33-25)23-13-12-21(17-26(23)38-5)40-29(35)20-9-7-6-8-10-20/h6-17,33H,18H2,1-5H3. The summed E-state index contributed by atoms with van der Waals surface area (Å²) in [6.45, 7) is 5.48. The number of methoxy groups -OCH3 is 1. The van der Waals surface area contributed by atoms with Crippen molar-refractivity contribution in [2.24, 2.45) is 0 Å². The molecule has 0 bridgehead atoms. The molecule has 0 saturated heterocycles. The Hall–Kier alpha value is -4.63. The van der Waals surface area contributed by atoms with Crippen molar-refractivity contribution >= 4 is 40.6 Å². The summed E-state index contributed by atoms with van der Waals surface area (Å²) < 4.78 is 17.1. The van der Waals surface area contributed by atoms with Crippen LogP contribution in [-0.2, 0) is 16.1 Å². The highest BCUT2D eigenvalue weighted by atomic mass is 32.1. The third-order valence-corrected chi connectivity index (χ3v) is 7.86. The number of carbonyl (C=O) groups is 3. The van der Waals surface area contributed by atoms with E-state index in [9.17, 15) is 14.4 Å². The van der Waals surface area contributed by atoms with E-state index in [2.05, 4.69) is 5.32 Å². The topological polar surface area (TPSA) is 94.2 Å². The van der Waals surface area contributed by atoms with Crippen LogP contribution < -0.4 is 19.7 Å². The van der Waals surface area contributed by atoms with Crippen LogP contribution in [0.25, 0.3) is 11.1 Å². The Morgan fingerprint density at radius 1 is 0.951 bits per heavy atom. The second-order valence-electron chi connectivity index (χ2n) is 10.2. The van der Waals surface area contributed by atoms with Crippen molar-refractivity contribution in [1.29, 1.82) is 0 Å². The third kappa shape index (κ3) is 5.53. The summed E-state index contributed by atoms with van der Waals surface area (Å²) in [4.78, 5) is 41.9. The Bertz CT molecular complexity index is 1640. The van der Waals surface area contributed by atoms with Gasteiger partial charge >= 0.3 is 11.9 Å². The predicted octanol–water partition coefficient (Wildman–Crippen LogP) is 6.48. The molecule has 0 saturated carbocycles. The molecule has 3 aromatic carbocycles. The fourth-order valence-electron chi connectivity index (χ4n) is 4.88. The first-order valence-corrected chi connectivity index (χ1v) is 13.8. The molecule has 1 aliphatic rings. The van der Waals surface area contributed by atoms with Crippen LogP contribution in [0.2, 0.25) is 0 Å². The van der Waals surface area contributed by atoms with Crippen LogP contribution >= 0.6 is 11.3 Å². The Kier molecular flexibility index (Phi) is 7.55. The zero-order valence-electron chi connectivity index (χ0n) is 23.4. The fraction of sp³-hybridized carbons (Fsp3) is 0.219. The molecule has 1 amide bonds. The molecular formula is C32H30N2O6S. The molecule has 2 heterocycles. The number of likely N-dealkylation sites (N-methyl/N-ethyl adjacent to an activating group) is 1. The number of hydrogen-bond donors (Lipinski definition) is 1. The van der Waals surface area contributed by atoms with Crippen LogP contribution in [0.3, 0.4) is 0 Å². The zero-order chi connectivity index (χ0) is 29.3. The highest BCUT2D eigenvalue weighted by Gasteiger charge is 2.39. The van der Waals surface area contributed by atoms with Gasteiger partial charge in [0, 0.05) is 29.1 Å². The van der Waals surface area contributed by atoms with E-state index in [1.165, 1.54) is 18.4 Å². The van der Waals surface area contributed by atoms with E-state index >= 15 is 0 Å². The van der Waals surface area contributed by atoms with Gasteiger partial charge in [0.05, 0.1) is 24.0 Å². The second kappa shape index (κ2) is 11.1. The monoisotopic (exact) mass is 570 g/mol. The number of amides is 1. The predicted molar refractivity (Wildman–Crippen MR) is 159 cm³/mol. The molecule has 0 spiro atoms. The molecule has 0 fully saturated rings. The van der Waals surface area contributed by atoms with Gasteiger partial charge in [0.2, 0.25) is 0 Å². The molecule has 41 heavy (non-hydrogen) atoms. The molecule has 0 atom stereocenters. The van der Waals surface area contributed by atoms with Crippen molar-refractivity contribution in [2.45, 2.75) is 32.9 Å². The Labute approximate surface area is 242 Å². The van der Waals surface area contributed by atoms with Gasteiger partial charge in [-0.25, -0.2) is 9.59 Å². The molecule has 1 aliphatic heterocycles. The molecule has 4 aromatic rings. The first kappa shape index (κ1) is 27.9. The SMILES string of the molecule is COc1cc(OC(=O)c2ccccc2)ccc1-c1ccc2c(c1COC(=O)c1ccc(C)s1)N(C)C(=O)C(C)(C)N2. The number of hydrogen-bond acceptors (Lipinski definition) is 8. The lowest BCUT2D eigenvalue weighted by molar-refractivity contribution is -0.121. The van der Waals surface area contributed by atoms with Crippen molar-refractivity contribution in [1.82, 2.24) is 0 Å². The average molecular weight is 571 g/mol. The van der Waals surface area contributed by atoms with E-state index in [4.69, 9.17) is 14.2 Å². The lowest BCUT2D eigenvalue weighted by Gasteiger charge is -2.39. The van der Waals surface area contributed by atoms with Crippen LogP contribution in [0.5, 0.6) is 11.5 Å². The van der Waals surface area contributed by atoms with E-state index in [1.54, 1.807) is 60.5 Å². The van der Waals surface area contributed by atoms with Gasteiger partial charge in [0.15, 0.2) is 0 Å². The maximum absolute atomic E-state index is 13.2. The molecule has 1 aromatic heterocycles. The third-order valence-electron chi connectivity index (χ3n) is 6.88. The zero-order valence-corrected chi connectivity index (χ0v) is 24.3. The van der Waals surface area contributed by atoms with Crippen LogP contribution in [-0.4, -0.2) is 37.5 Å². The molecule has 0 radical (unpaired) electrons. The maximum atomic E-state index is 13.2. The molecular weight excluding hydrogens is 540 g/mol. The number of anilines is 2. The highest BCUT2D eigenvalue weighted by Crippen LogP contribution is 2.45. The largest absolute Gasteiger partial charge is 0.496 e. The number of esters is 2. The summed E-state index contributed by atoms with van der Waals surface area (Å²) >= 11 is 1.36. The normalized spacial score (nSPS) is 13.7. The summed E-state index contributed by atoms with van der Waals surface area (Å²) in [5.74, 6) is -0.296. The van der Waals surface area contributed by atoms with Gasteiger partial charge in [-0.2, -0.15) is 0 Å². The van der Waals surface area contributed by atoms with Gasteiger partial charge in [-0.1, -0.05) is 24.3 Å². The lowest BCUT2D eigenvalue weighted by atomic mass is 9.91. The average Bonchev–Trinajstić information content (AvgIpc) is 3.41. The van der Waals surface area contributed by atoms with Crippen LogP contribution in [0.15, 0.2) is 72.8 Å². The number of fused-ring (bicyclic) bond motifs is 1. The Morgan fingerprint density at radius 2 is 1.68 bits per heavy atom. The lowest BCUT2D eigenvalue weighted by Crippen LogP contribution is -2.52. The van der Waals surface area contributed by atoms with Crippen LogP contribution in [0.1, 0.15) is 44.3 Å². The van der Waals surface area contributed by atoms with Gasteiger partial charge in [0.1, 0.15) is 28.5 Å². The Balaban J connectivity index is 1.55. The van der Waals surface area contributed by atoms with E-state index in [0.29, 0.717) is 44.3 Å². The van der Waals surface area contributed by atoms with Crippen molar-refractivity contribution in [3.63, 3.8) is 0 Å². The molecule has 0 aliphatic carbocycles. The molecule has 8 nitrogen and oxygen atoms in total. The number of benzene rings is 3. The minimum atomic E-state index is -0.812. The summed E-state index contributed by atoms with van der Waals surface area (Å²) in [6, 6.07) is 21.2. The van der Waals surface area contributed by atoms with Gasteiger partial charge in [-0.05, 0) is 68.8 Å². The molecule has 5 rings (SSSR count). The number of thiophene rings is 1. The van der Waals surface area contributed by atoms with E-state index in [0.717, 1.165) is 10.6 Å². The fourth-order valence-corrected chi connectivity index (χ4v) is 5.64. The van der Waals surface area contributed by atoms with E-state index in [-0.39, 0.29) is 12.5 Å². The molecule has 0 unspecified atom stereocenters.